The molecule has 3 aromatic rings. The van der Waals surface area contributed by atoms with Crippen molar-refractivity contribution in [3.05, 3.63) is 71.4 Å². The molecular formula is C23H27N3O. The van der Waals surface area contributed by atoms with Gasteiger partial charge in [0.25, 0.3) is 0 Å². The fraction of sp³-hybridized carbons (Fsp3) is 0.348. The zero-order valence-corrected chi connectivity index (χ0v) is 15.9. The lowest BCUT2D eigenvalue weighted by atomic mass is 10.0. The van der Waals surface area contributed by atoms with E-state index in [1.807, 2.05) is 25.1 Å². The van der Waals surface area contributed by atoms with Gasteiger partial charge in [-0.3, -0.25) is 9.69 Å². The molecule has 4 heteroatoms. The normalized spacial score (nSPS) is 15.9. The van der Waals surface area contributed by atoms with Crippen LogP contribution in [0.4, 0.5) is 0 Å². The van der Waals surface area contributed by atoms with E-state index >= 15 is 0 Å². The van der Waals surface area contributed by atoms with Crippen LogP contribution in [0, 0.1) is 6.92 Å². The summed E-state index contributed by atoms with van der Waals surface area (Å²) in [6.45, 7) is 4.91. The maximum Gasteiger partial charge on any atom is 0.224 e. The van der Waals surface area contributed by atoms with Gasteiger partial charge in [-0.05, 0) is 50.0 Å². The predicted molar refractivity (Wildman–Crippen MR) is 110 cm³/mol. The number of carbonyl (C=O) groups is 1. The largest absolute Gasteiger partial charge is 0.358 e. The summed E-state index contributed by atoms with van der Waals surface area (Å²) in [4.78, 5) is 18.6. The lowest BCUT2D eigenvalue weighted by Gasteiger charge is -2.28. The van der Waals surface area contributed by atoms with Gasteiger partial charge in [0.15, 0.2) is 0 Å². The van der Waals surface area contributed by atoms with Gasteiger partial charge in [-0.25, -0.2) is 0 Å². The third-order valence-corrected chi connectivity index (χ3v) is 5.62. The molecule has 1 aromatic heterocycles. The molecule has 1 atom stereocenters. The minimum atomic E-state index is 0.0861. The molecule has 2 heterocycles. The molecule has 1 saturated heterocycles. The van der Waals surface area contributed by atoms with Gasteiger partial charge in [0, 0.05) is 23.1 Å². The van der Waals surface area contributed by atoms with Gasteiger partial charge >= 0.3 is 0 Å². The minimum absolute atomic E-state index is 0.0861. The highest BCUT2D eigenvalue weighted by atomic mass is 16.1. The number of amides is 1. The van der Waals surface area contributed by atoms with Crippen LogP contribution in [0.1, 0.15) is 35.7 Å². The van der Waals surface area contributed by atoms with E-state index in [4.69, 9.17) is 0 Å². The number of benzene rings is 2. The van der Waals surface area contributed by atoms with Crippen molar-refractivity contribution >= 4 is 16.8 Å². The second-order valence-corrected chi connectivity index (χ2v) is 7.42. The van der Waals surface area contributed by atoms with Crippen LogP contribution in [0.5, 0.6) is 0 Å². The average molecular weight is 361 g/mol. The molecule has 1 aliphatic heterocycles. The van der Waals surface area contributed by atoms with Crippen LogP contribution in [0.15, 0.2) is 54.6 Å². The Labute approximate surface area is 160 Å². The summed E-state index contributed by atoms with van der Waals surface area (Å²) in [6.07, 6.45) is 2.90. The Morgan fingerprint density at radius 1 is 1.07 bits per heavy atom. The van der Waals surface area contributed by atoms with Crippen molar-refractivity contribution in [3.63, 3.8) is 0 Å². The molecule has 0 saturated carbocycles. The molecule has 27 heavy (non-hydrogen) atoms. The molecule has 0 radical (unpaired) electrons. The third-order valence-electron chi connectivity index (χ3n) is 5.62. The Morgan fingerprint density at radius 2 is 1.78 bits per heavy atom. The molecule has 1 fully saturated rings. The van der Waals surface area contributed by atoms with E-state index in [0.29, 0.717) is 13.0 Å². The number of fused-ring (bicyclic) bond motifs is 1. The van der Waals surface area contributed by atoms with Crippen LogP contribution in [0.3, 0.4) is 0 Å². The Hall–Kier alpha value is -2.59. The van der Waals surface area contributed by atoms with Crippen molar-refractivity contribution in [2.24, 2.45) is 0 Å². The van der Waals surface area contributed by atoms with Crippen LogP contribution in [0.2, 0.25) is 0 Å². The van der Waals surface area contributed by atoms with Gasteiger partial charge in [0.05, 0.1) is 12.5 Å². The molecule has 0 spiro atoms. The molecular weight excluding hydrogens is 334 g/mol. The van der Waals surface area contributed by atoms with Crippen LogP contribution in [-0.4, -0.2) is 35.4 Å². The molecule has 2 aromatic carbocycles. The van der Waals surface area contributed by atoms with E-state index in [-0.39, 0.29) is 11.9 Å². The average Bonchev–Trinajstić information content (AvgIpc) is 3.32. The van der Waals surface area contributed by atoms with Gasteiger partial charge < -0.3 is 10.3 Å². The van der Waals surface area contributed by atoms with Crippen LogP contribution in [-0.2, 0) is 11.2 Å². The molecule has 4 rings (SSSR count). The summed E-state index contributed by atoms with van der Waals surface area (Å²) in [7, 11) is 0. The molecule has 1 amide bonds. The molecule has 2 N–H and O–H groups in total. The van der Waals surface area contributed by atoms with Gasteiger partial charge in [0.2, 0.25) is 5.91 Å². The number of rotatable bonds is 6. The number of aromatic amines is 1. The van der Waals surface area contributed by atoms with Crippen LogP contribution >= 0.6 is 0 Å². The highest BCUT2D eigenvalue weighted by Crippen LogP contribution is 2.25. The van der Waals surface area contributed by atoms with E-state index in [0.717, 1.165) is 35.2 Å². The number of nitrogens with one attached hydrogen (secondary N) is 2. The van der Waals surface area contributed by atoms with Gasteiger partial charge in [0.1, 0.15) is 0 Å². The monoisotopic (exact) mass is 361 g/mol. The number of hydrogen-bond acceptors (Lipinski definition) is 2. The first-order chi connectivity index (χ1) is 13.2. The topological polar surface area (TPSA) is 48.1 Å². The number of aryl methyl sites for hydroxylation is 1. The Kier molecular flexibility index (Phi) is 5.26. The summed E-state index contributed by atoms with van der Waals surface area (Å²) in [5, 5.41) is 4.34. The number of H-pyrrole nitrogens is 1. The lowest BCUT2D eigenvalue weighted by molar-refractivity contribution is -0.120. The number of nitrogens with zero attached hydrogens (tertiary/aromatic N) is 1. The Balaban J connectivity index is 1.46. The Bertz CT molecular complexity index is 910. The van der Waals surface area contributed by atoms with Crippen molar-refractivity contribution in [2.75, 3.05) is 19.6 Å². The van der Waals surface area contributed by atoms with Gasteiger partial charge in [-0.1, -0.05) is 48.5 Å². The SMILES string of the molecule is Cc1[nH]c2ccccc2c1CC(=O)NCC(c1ccccc1)N1CCCC1. The summed E-state index contributed by atoms with van der Waals surface area (Å²) < 4.78 is 0. The van der Waals surface area contributed by atoms with Crippen molar-refractivity contribution in [1.82, 2.24) is 15.2 Å². The summed E-state index contributed by atoms with van der Waals surface area (Å²) in [5.74, 6) is 0.0861. The number of para-hydroxylation sites is 1. The number of hydrogen-bond donors (Lipinski definition) is 2. The lowest BCUT2D eigenvalue weighted by Crippen LogP contribution is -2.37. The van der Waals surface area contributed by atoms with Crippen molar-refractivity contribution in [2.45, 2.75) is 32.2 Å². The summed E-state index contributed by atoms with van der Waals surface area (Å²) in [6, 6.07) is 19.0. The molecule has 0 aliphatic carbocycles. The van der Waals surface area contributed by atoms with E-state index < -0.39 is 0 Å². The summed E-state index contributed by atoms with van der Waals surface area (Å²) >= 11 is 0. The van der Waals surface area contributed by atoms with Gasteiger partial charge in [-0.2, -0.15) is 0 Å². The van der Waals surface area contributed by atoms with Crippen molar-refractivity contribution in [3.8, 4) is 0 Å². The van der Waals surface area contributed by atoms with E-state index in [1.165, 1.54) is 18.4 Å². The second kappa shape index (κ2) is 7.97. The zero-order chi connectivity index (χ0) is 18.6. The fourth-order valence-corrected chi connectivity index (χ4v) is 4.18. The molecule has 1 unspecified atom stereocenters. The quantitative estimate of drug-likeness (QED) is 0.698. The van der Waals surface area contributed by atoms with Crippen LogP contribution < -0.4 is 5.32 Å². The van der Waals surface area contributed by atoms with E-state index in [2.05, 4.69) is 51.6 Å². The predicted octanol–water partition coefficient (Wildman–Crippen LogP) is 3.97. The highest BCUT2D eigenvalue weighted by Gasteiger charge is 2.24. The highest BCUT2D eigenvalue weighted by molar-refractivity contribution is 5.90. The molecule has 4 nitrogen and oxygen atoms in total. The third kappa shape index (κ3) is 3.91. The fourth-order valence-electron chi connectivity index (χ4n) is 4.18. The zero-order valence-electron chi connectivity index (χ0n) is 15.9. The standard InChI is InChI=1S/C23H27N3O/c1-17-20(19-11-5-6-12-21(19)25-17)15-23(27)24-16-22(26-13-7-8-14-26)18-9-3-2-4-10-18/h2-6,9-12,22,25H,7-8,13-16H2,1H3,(H,24,27). The summed E-state index contributed by atoms with van der Waals surface area (Å²) in [5.41, 5.74) is 4.55. The van der Waals surface area contributed by atoms with Gasteiger partial charge in [-0.15, -0.1) is 0 Å². The maximum absolute atomic E-state index is 12.7. The maximum atomic E-state index is 12.7. The smallest absolute Gasteiger partial charge is 0.224 e. The van der Waals surface area contributed by atoms with Crippen molar-refractivity contribution < 1.29 is 4.79 Å². The van der Waals surface area contributed by atoms with Crippen LogP contribution in [0.25, 0.3) is 10.9 Å². The minimum Gasteiger partial charge on any atom is -0.358 e. The first kappa shape index (κ1) is 17.8. The first-order valence-electron chi connectivity index (χ1n) is 9.84. The number of aromatic nitrogens is 1. The number of carbonyl (C=O) groups excluding carboxylic acids is 1. The first-order valence-corrected chi connectivity index (χ1v) is 9.84. The second-order valence-electron chi connectivity index (χ2n) is 7.42. The number of likely N-dealkylation sites (tertiary alicyclic amines) is 1. The van der Waals surface area contributed by atoms with Crippen molar-refractivity contribution in [1.29, 1.82) is 0 Å². The molecule has 0 bridgehead atoms. The molecule has 140 valence electrons. The van der Waals surface area contributed by atoms with E-state index in [1.54, 1.807) is 0 Å². The Morgan fingerprint density at radius 3 is 2.56 bits per heavy atom. The van der Waals surface area contributed by atoms with E-state index in [9.17, 15) is 4.79 Å². The molecule has 1 aliphatic rings.